The fraction of sp³-hybridized carbons (Fsp3) is 0.167. The first kappa shape index (κ1) is 20.2. The van der Waals surface area contributed by atoms with Gasteiger partial charge in [-0.05, 0) is 35.9 Å². The van der Waals surface area contributed by atoms with Gasteiger partial charge in [-0.2, -0.15) is 4.98 Å². The summed E-state index contributed by atoms with van der Waals surface area (Å²) in [6, 6.07) is 13.9. The molecule has 34 heavy (non-hydrogen) atoms. The standard InChI is InChI=1S/C24H21N9O/c1-2-18-14-27-23(30-22(18)11-17(1)19-12-25-15-26-13-19)29-20-3-5-21(6-4-20)33-16-28-24(31-33)32-7-9-34-10-8-32/h1-6,11-16H,7-10H2,(H,27,29,30). The molecule has 1 aliphatic rings. The molecule has 1 aliphatic heterocycles. The van der Waals surface area contributed by atoms with E-state index >= 15 is 0 Å². The number of ether oxygens (including phenoxy) is 1. The van der Waals surface area contributed by atoms with Crippen molar-refractivity contribution < 1.29 is 4.74 Å². The molecular weight excluding hydrogens is 430 g/mol. The smallest absolute Gasteiger partial charge is 0.245 e. The summed E-state index contributed by atoms with van der Waals surface area (Å²) in [5.74, 6) is 1.24. The summed E-state index contributed by atoms with van der Waals surface area (Å²) in [6.07, 6.45) is 8.64. The highest BCUT2D eigenvalue weighted by molar-refractivity contribution is 5.84. The van der Waals surface area contributed by atoms with Crippen LogP contribution >= 0.6 is 0 Å². The monoisotopic (exact) mass is 451 g/mol. The highest BCUT2D eigenvalue weighted by Gasteiger charge is 2.15. The average Bonchev–Trinajstić information content (AvgIpc) is 3.40. The van der Waals surface area contributed by atoms with Crippen LogP contribution < -0.4 is 10.2 Å². The van der Waals surface area contributed by atoms with Gasteiger partial charge in [0.15, 0.2) is 0 Å². The summed E-state index contributed by atoms with van der Waals surface area (Å²) >= 11 is 0. The van der Waals surface area contributed by atoms with Crippen molar-refractivity contribution in [2.45, 2.75) is 0 Å². The SMILES string of the molecule is c1ncc(-c2ccc3cnc(Nc4ccc(-n5cnc(N6CCOCC6)n5)cc4)nc3c2)cn1. The number of aromatic nitrogens is 7. The van der Waals surface area contributed by atoms with E-state index in [2.05, 4.69) is 40.2 Å². The number of hydrogen-bond acceptors (Lipinski definition) is 9. The number of nitrogens with one attached hydrogen (secondary N) is 1. The van der Waals surface area contributed by atoms with Gasteiger partial charge in [0.1, 0.15) is 12.7 Å². The van der Waals surface area contributed by atoms with Crippen molar-refractivity contribution in [1.29, 1.82) is 0 Å². The number of hydrogen-bond donors (Lipinski definition) is 1. The first-order valence-corrected chi connectivity index (χ1v) is 11.0. The van der Waals surface area contributed by atoms with Gasteiger partial charge in [0.2, 0.25) is 11.9 Å². The zero-order valence-electron chi connectivity index (χ0n) is 18.2. The summed E-state index contributed by atoms with van der Waals surface area (Å²) in [5, 5.41) is 8.85. The van der Waals surface area contributed by atoms with Crippen LogP contribution in [0.3, 0.4) is 0 Å². The van der Waals surface area contributed by atoms with Gasteiger partial charge in [-0.1, -0.05) is 12.1 Å². The lowest BCUT2D eigenvalue weighted by Crippen LogP contribution is -2.37. The number of rotatable bonds is 5. The molecule has 1 fully saturated rings. The largest absolute Gasteiger partial charge is 0.378 e. The number of nitrogens with zero attached hydrogens (tertiary/aromatic N) is 8. The predicted octanol–water partition coefficient (Wildman–Crippen LogP) is 3.25. The van der Waals surface area contributed by atoms with Crippen molar-refractivity contribution in [2.75, 3.05) is 36.5 Å². The zero-order valence-corrected chi connectivity index (χ0v) is 18.2. The van der Waals surface area contributed by atoms with Gasteiger partial charge in [-0.25, -0.2) is 24.6 Å². The van der Waals surface area contributed by atoms with Gasteiger partial charge in [-0.3, -0.25) is 0 Å². The van der Waals surface area contributed by atoms with E-state index < -0.39 is 0 Å². The Bertz CT molecular complexity index is 1410. The third-order valence-electron chi connectivity index (χ3n) is 5.64. The molecular formula is C24H21N9O. The highest BCUT2D eigenvalue weighted by atomic mass is 16.5. The number of benzene rings is 2. The van der Waals surface area contributed by atoms with E-state index in [0.717, 1.165) is 52.4 Å². The first-order valence-electron chi connectivity index (χ1n) is 11.0. The lowest BCUT2D eigenvalue weighted by atomic mass is 10.1. The van der Waals surface area contributed by atoms with Crippen LogP contribution in [0.1, 0.15) is 0 Å². The minimum atomic E-state index is 0.525. The summed E-state index contributed by atoms with van der Waals surface area (Å²) in [5.41, 5.74) is 4.59. The van der Waals surface area contributed by atoms with E-state index in [-0.39, 0.29) is 0 Å². The van der Waals surface area contributed by atoms with E-state index in [1.54, 1.807) is 23.4 Å². The lowest BCUT2D eigenvalue weighted by molar-refractivity contribution is 0.122. The van der Waals surface area contributed by atoms with Crippen molar-refractivity contribution in [3.8, 4) is 16.8 Å². The molecule has 4 heterocycles. The quantitative estimate of drug-likeness (QED) is 0.431. The Kier molecular flexibility index (Phi) is 5.24. The summed E-state index contributed by atoms with van der Waals surface area (Å²) in [7, 11) is 0. The van der Waals surface area contributed by atoms with E-state index in [0.29, 0.717) is 19.2 Å². The molecule has 168 valence electrons. The maximum absolute atomic E-state index is 5.40. The van der Waals surface area contributed by atoms with Gasteiger partial charge < -0.3 is 15.0 Å². The van der Waals surface area contributed by atoms with Gasteiger partial charge in [0, 0.05) is 48.3 Å². The molecule has 2 aromatic carbocycles. The molecule has 0 unspecified atom stereocenters. The van der Waals surface area contributed by atoms with Crippen LogP contribution in [0.15, 0.2) is 73.7 Å². The van der Waals surface area contributed by atoms with Crippen molar-refractivity contribution in [3.63, 3.8) is 0 Å². The third kappa shape index (κ3) is 4.14. The molecule has 5 aromatic rings. The van der Waals surface area contributed by atoms with Gasteiger partial charge in [0.05, 0.1) is 24.4 Å². The van der Waals surface area contributed by atoms with Crippen molar-refractivity contribution in [3.05, 3.63) is 73.7 Å². The summed E-state index contributed by atoms with van der Waals surface area (Å²) in [6.45, 7) is 3.01. The Hall–Kier alpha value is -4.44. The summed E-state index contributed by atoms with van der Waals surface area (Å²) in [4.78, 5) is 23.9. The molecule has 0 saturated carbocycles. The second kappa shape index (κ2) is 8.83. The molecule has 10 heteroatoms. The molecule has 0 atom stereocenters. The van der Waals surface area contributed by atoms with Crippen LogP contribution in [0, 0.1) is 0 Å². The van der Waals surface area contributed by atoms with Crippen LogP contribution in [0.5, 0.6) is 0 Å². The zero-order chi connectivity index (χ0) is 22.7. The normalized spacial score (nSPS) is 13.8. The maximum Gasteiger partial charge on any atom is 0.245 e. The number of fused-ring (bicyclic) bond motifs is 1. The molecule has 1 N–H and O–H groups in total. The van der Waals surface area contributed by atoms with Gasteiger partial charge in [0.25, 0.3) is 0 Å². The van der Waals surface area contributed by atoms with Crippen LogP contribution in [-0.2, 0) is 4.74 Å². The molecule has 0 aliphatic carbocycles. The minimum Gasteiger partial charge on any atom is -0.378 e. The van der Waals surface area contributed by atoms with Crippen LogP contribution in [-0.4, -0.2) is 61.0 Å². The Morgan fingerprint density at radius 1 is 0.853 bits per heavy atom. The topological polar surface area (TPSA) is 107 Å². The number of morpholine rings is 1. The van der Waals surface area contributed by atoms with E-state index in [9.17, 15) is 0 Å². The second-order valence-electron chi connectivity index (χ2n) is 7.85. The Morgan fingerprint density at radius 2 is 1.68 bits per heavy atom. The highest BCUT2D eigenvalue weighted by Crippen LogP contribution is 2.24. The van der Waals surface area contributed by atoms with E-state index in [4.69, 9.17) is 4.74 Å². The Balaban J connectivity index is 1.19. The minimum absolute atomic E-state index is 0.525. The van der Waals surface area contributed by atoms with Crippen LogP contribution in [0.4, 0.5) is 17.6 Å². The fourth-order valence-electron chi connectivity index (χ4n) is 3.82. The average molecular weight is 451 g/mol. The van der Waals surface area contributed by atoms with Gasteiger partial charge in [-0.15, -0.1) is 5.10 Å². The molecule has 6 rings (SSSR count). The molecule has 0 radical (unpaired) electrons. The molecule has 3 aromatic heterocycles. The fourth-order valence-corrected chi connectivity index (χ4v) is 3.82. The third-order valence-corrected chi connectivity index (χ3v) is 5.64. The van der Waals surface area contributed by atoms with Crippen molar-refractivity contribution in [2.24, 2.45) is 0 Å². The Morgan fingerprint density at radius 3 is 2.50 bits per heavy atom. The molecule has 0 spiro atoms. The maximum atomic E-state index is 5.40. The van der Waals surface area contributed by atoms with E-state index in [1.165, 1.54) is 6.33 Å². The first-order chi connectivity index (χ1) is 16.8. The Labute approximate surface area is 195 Å². The van der Waals surface area contributed by atoms with Crippen molar-refractivity contribution >= 4 is 28.5 Å². The second-order valence-corrected chi connectivity index (χ2v) is 7.85. The molecule has 1 saturated heterocycles. The molecule has 10 nitrogen and oxygen atoms in total. The number of anilines is 3. The van der Waals surface area contributed by atoms with Crippen LogP contribution in [0.25, 0.3) is 27.7 Å². The lowest BCUT2D eigenvalue weighted by Gasteiger charge is -2.25. The summed E-state index contributed by atoms with van der Waals surface area (Å²) < 4.78 is 7.17. The predicted molar refractivity (Wildman–Crippen MR) is 128 cm³/mol. The molecule has 0 bridgehead atoms. The van der Waals surface area contributed by atoms with Gasteiger partial charge >= 0.3 is 0 Å². The van der Waals surface area contributed by atoms with Crippen molar-refractivity contribution in [1.82, 2.24) is 34.7 Å². The molecule has 0 amide bonds. The van der Waals surface area contributed by atoms with E-state index in [1.807, 2.05) is 48.7 Å². The van der Waals surface area contributed by atoms with Crippen LogP contribution in [0.2, 0.25) is 0 Å².